The van der Waals surface area contributed by atoms with E-state index in [1.807, 2.05) is 17.4 Å². The third-order valence-electron chi connectivity index (χ3n) is 1.89. The van der Waals surface area contributed by atoms with Crippen LogP contribution in [0.25, 0.3) is 10.4 Å². The van der Waals surface area contributed by atoms with Crippen LogP contribution < -0.4 is 0 Å². The number of rotatable bonds is 2. The zero-order chi connectivity index (χ0) is 9.97. The van der Waals surface area contributed by atoms with Crippen LogP contribution in [0.15, 0.2) is 45.1 Å². The van der Waals surface area contributed by atoms with Gasteiger partial charge in [-0.15, -0.1) is 23.1 Å². The molecule has 72 valence electrons. The molecule has 0 spiro atoms. The molecule has 0 N–H and O–H groups in total. The van der Waals surface area contributed by atoms with Crippen LogP contribution in [-0.2, 0) is 0 Å². The van der Waals surface area contributed by atoms with Gasteiger partial charge < -0.3 is 0 Å². The monoisotopic (exact) mass is 284 g/mol. The Balaban J connectivity index is 2.39. The van der Waals surface area contributed by atoms with E-state index < -0.39 is 0 Å². The van der Waals surface area contributed by atoms with Crippen LogP contribution in [0.3, 0.4) is 0 Å². The zero-order valence-corrected chi connectivity index (χ0v) is 10.9. The number of halogens is 1. The van der Waals surface area contributed by atoms with E-state index in [9.17, 15) is 0 Å². The first-order valence-corrected chi connectivity index (χ1v) is 7.03. The van der Waals surface area contributed by atoms with E-state index in [1.54, 1.807) is 11.8 Å². The van der Waals surface area contributed by atoms with Crippen LogP contribution in [0, 0.1) is 0 Å². The van der Waals surface area contributed by atoms with Crippen molar-refractivity contribution < 1.29 is 0 Å². The van der Waals surface area contributed by atoms with E-state index in [4.69, 9.17) is 0 Å². The lowest BCUT2D eigenvalue weighted by Gasteiger charge is -1.97. The molecule has 0 nitrogen and oxygen atoms in total. The fraction of sp³-hybridized carbons (Fsp3) is 0.0909. The van der Waals surface area contributed by atoms with Crippen molar-refractivity contribution in [2.45, 2.75) is 4.21 Å². The molecule has 2 aromatic rings. The molecule has 1 aromatic heterocycles. The quantitative estimate of drug-likeness (QED) is 0.707. The van der Waals surface area contributed by atoms with Crippen LogP contribution in [-0.4, -0.2) is 6.26 Å². The molecule has 0 aliphatic carbocycles. The molecular weight excluding hydrogens is 276 g/mol. The third kappa shape index (κ3) is 2.22. The maximum Gasteiger partial charge on any atom is 0.0602 e. The first kappa shape index (κ1) is 10.3. The van der Waals surface area contributed by atoms with Gasteiger partial charge in [0.1, 0.15) is 0 Å². The number of hydrogen-bond acceptors (Lipinski definition) is 2. The van der Waals surface area contributed by atoms with Crippen molar-refractivity contribution in [1.29, 1.82) is 0 Å². The number of benzene rings is 1. The summed E-state index contributed by atoms with van der Waals surface area (Å²) in [5.41, 5.74) is 1.28. The van der Waals surface area contributed by atoms with Gasteiger partial charge in [-0.05, 0) is 36.1 Å². The Kier molecular flexibility index (Phi) is 3.31. The highest BCUT2D eigenvalue weighted by Gasteiger charge is 2.01. The maximum atomic E-state index is 3.48. The Hall–Kier alpha value is -0.250. The molecule has 0 unspecified atom stereocenters. The summed E-state index contributed by atoms with van der Waals surface area (Å²) in [6, 6.07) is 12.8. The molecular formula is C11H9BrS2. The van der Waals surface area contributed by atoms with Crippen molar-refractivity contribution >= 4 is 39.0 Å². The minimum Gasteiger partial charge on any atom is -0.129 e. The molecule has 3 heteroatoms. The van der Waals surface area contributed by atoms with Gasteiger partial charge in [-0.1, -0.05) is 28.1 Å². The third-order valence-corrected chi connectivity index (χ3v) is 4.60. The molecule has 1 heterocycles. The van der Waals surface area contributed by atoms with Gasteiger partial charge in [-0.2, -0.15) is 0 Å². The van der Waals surface area contributed by atoms with Crippen molar-refractivity contribution in [2.24, 2.45) is 0 Å². The Morgan fingerprint density at radius 3 is 2.71 bits per heavy atom. The highest BCUT2D eigenvalue weighted by atomic mass is 79.9. The van der Waals surface area contributed by atoms with Crippen LogP contribution in [0.2, 0.25) is 0 Å². The van der Waals surface area contributed by atoms with Gasteiger partial charge in [0, 0.05) is 9.35 Å². The van der Waals surface area contributed by atoms with Gasteiger partial charge in [-0.25, -0.2) is 0 Å². The highest BCUT2D eigenvalue weighted by molar-refractivity contribution is 9.10. The molecule has 2 rings (SSSR count). The van der Waals surface area contributed by atoms with Gasteiger partial charge in [0.05, 0.1) is 4.21 Å². The summed E-state index contributed by atoms with van der Waals surface area (Å²) in [5, 5.41) is 0. The lowest BCUT2D eigenvalue weighted by molar-refractivity contribution is 1.64. The van der Waals surface area contributed by atoms with Gasteiger partial charge in [0.15, 0.2) is 0 Å². The predicted molar refractivity (Wildman–Crippen MR) is 69.2 cm³/mol. The molecule has 0 amide bonds. The number of thioether (sulfide) groups is 1. The molecule has 0 radical (unpaired) electrons. The Morgan fingerprint density at radius 1 is 1.21 bits per heavy atom. The number of hydrogen-bond donors (Lipinski definition) is 0. The smallest absolute Gasteiger partial charge is 0.0602 e. The van der Waals surface area contributed by atoms with Crippen LogP contribution in [0.1, 0.15) is 0 Å². The molecule has 14 heavy (non-hydrogen) atoms. The summed E-state index contributed by atoms with van der Waals surface area (Å²) in [4.78, 5) is 1.33. The van der Waals surface area contributed by atoms with Crippen LogP contribution >= 0.6 is 39.0 Å². The van der Waals surface area contributed by atoms with E-state index in [1.165, 1.54) is 14.6 Å². The first-order valence-electron chi connectivity index (χ1n) is 4.19. The van der Waals surface area contributed by atoms with Crippen molar-refractivity contribution in [1.82, 2.24) is 0 Å². The minimum absolute atomic E-state index is 1.13. The van der Waals surface area contributed by atoms with Crippen LogP contribution in [0.4, 0.5) is 0 Å². The van der Waals surface area contributed by atoms with E-state index in [2.05, 4.69) is 52.5 Å². The normalized spacial score (nSPS) is 10.4. The topological polar surface area (TPSA) is 0 Å². The summed E-state index contributed by atoms with van der Waals surface area (Å²) < 4.78 is 2.49. The van der Waals surface area contributed by atoms with Gasteiger partial charge in [0.2, 0.25) is 0 Å². The largest absolute Gasteiger partial charge is 0.129 e. The van der Waals surface area contributed by atoms with Gasteiger partial charge in [0.25, 0.3) is 0 Å². The standard InChI is InChI=1S/C11H9BrS2/c1-13-11-6-5-10(14-11)8-3-2-4-9(12)7-8/h2-7H,1H3. The summed E-state index contributed by atoms with van der Waals surface area (Å²) in [6.07, 6.45) is 2.11. The summed E-state index contributed by atoms with van der Waals surface area (Å²) in [6.45, 7) is 0. The average Bonchev–Trinajstić information content (AvgIpc) is 2.66. The fourth-order valence-electron chi connectivity index (χ4n) is 1.23. The van der Waals surface area contributed by atoms with E-state index >= 15 is 0 Å². The van der Waals surface area contributed by atoms with E-state index in [0.29, 0.717) is 0 Å². The van der Waals surface area contributed by atoms with Crippen molar-refractivity contribution in [2.75, 3.05) is 6.26 Å². The Labute approximate surface area is 100 Å². The van der Waals surface area contributed by atoms with Crippen molar-refractivity contribution in [3.63, 3.8) is 0 Å². The van der Waals surface area contributed by atoms with Crippen molar-refractivity contribution in [3.05, 3.63) is 40.9 Å². The first-order chi connectivity index (χ1) is 6.79. The molecule has 0 aliphatic rings. The molecule has 0 atom stereocenters. The summed E-state index contributed by atoms with van der Waals surface area (Å²) in [7, 11) is 0. The Bertz CT molecular complexity index is 434. The molecule has 0 aliphatic heterocycles. The Morgan fingerprint density at radius 2 is 2.07 bits per heavy atom. The summed E-state index contributed by atoms with van der Waals surface area (Å²) >= 11 is 7.11. The maximum absolute atomic E-state index is 3.48. The lowest BCUT2D eigenvalue weighted by atomic mass is 10.2. The fourth-order valence-corrected chi connectivity index (χ4v) is 3.17. The second-order valence-corrected chi connectivity index (χ2v) is 5.94. The molecule has 0 fully saturated rings. The van der Waals surface area contributed by atoms with Crippen LogP contribution in [0.5, 0.6) is 0 Å². The molecule has 0 saturated heterocycles. The molecule has 1 aromatic carbocycles. The van der Waals surface area contributed by atoms with Gasteiger partial charge >= 0.3 is 0 Å². The van der Waals surface area contributed by atoms with Crippen molar-refractivity contribution in [3.8, 4) is 10.4 Å². The summed E-state index contributed by atoms with van der Waals surface area (Å²) in [5.74, 6) is 0. The van der Waals surface area contributed by atoms with E-state index in [-0.39, 0.29) is 0 Å². The second-order valence-electron chi connectivity index (χ2n) is 2.83. The van der Waals surface area contributed by atoms with Gasteiger partial charge in [-0.3, -0.25) is 0 Å². The predicted octanol–water partition coefficient (Wildman–Crippen LogP) is 4.90. The second kappa shape index (κ2) is 4.51. The number of thiophene rings is 1. The molecule has 0 saturated carbocycles. The molecule has 0 bridgehead atoms. The zero-order valence-electron chi connectivity index (χ0n) is 7.66. The highest BCUT2D eigenvalue weighted by Crippen LogP contribution is 2.33. The lowest BCUT2D eigenvalue weighted by Crippen LogP contribution is -1.70. The van der Waals surface area contributed by atoms with E-state index in [0.717, 1.165) is 4.47 Å². The average molecular weight is 285 g/mol. The minimum atomic E-state index is 1.13. The SMILES string of the molecule is CSc1ccc(-c2cccc(Br)c2)s1.